The molecule has 3 rings (SSSR count). The first-order chi connectivity index (χ1) is 13.4. The molecule has 0 saturated carbocycles. The van der Waals surface area contributed by atoms with E-state index in [-0.39, 0.29) is 5.91 Å². The van der Waals surface area contributed by atoms with Crippen LogP contribution in [-0.4, -0.2) is 64.4 Å². The molecule has 8 nitrogen and oxygen atoms in total. The van der Waals surface area contributed by atoms with Crippen LogP contribution in [-0.2, 0) is 4.74 Å². The Hall–Kier alpha value is -2.49. The summed E-state index contributed by atoms with van der Waals surface area (Å²) in [5.41, 5.74) is 1.03. The number of carbonyl (C=O) groups excluding carboxylic acids is 1. The van der Waals surface area contributed by atoms with E-state index >= 15 is 0 Å². The lowest BCUT2D eigenvalue weighted by molar-refractivity contribution is -0.231. The second kappa shape index (κ2) is 8.68. The van der Waals surface area contributed by atoms with Gasteiger partial charge in [-0.1, -0.05) is 18.2 Å². The molecule has 2 aromatic carbocycles. The van der Waals surface area contributed by atoms with Gasteiger partial charge in [0.05, 0.1) is 6.61 Å². The van der Waals surface area contributed by atoms with Crippen molar-refractivity contribution in [1.29, 1.82) is 0 Å². The molecule has 150 valence electrons. The van der Waals surface area contributed by atoms with E-state index in [1.54, 1.807) is 55.6 Å². The van der Waals surface area contributed by atoms with Crippen molar-refractivity contribution in [2.75, 3.05) is 13.7 Å². The molecule has 1 aliphatic rings. The van der Waals surface area contributed by atoms with Crippen LogP contribution in [0.2, 0.25) is 0 Å². The first-order valence-corrected chi connectivity index (χ1v) is 8.85. The molecule has 1 fully saturated rings. The maximum Gasteiger partial charge on any atom is 0.251 e. The van der Waals surface area contributed by atoms with Gasteiger partial charge >= 0.3 is 0 Å². The molecule has 1 saturated heterocycles. The van der Waals surface area contributed by atoms with Crippen LogP contribution in [0.1, 0.15) is 22.0 Å². The minimum atomic E-state index is -1.43. The highest BCUT2D eigenvalue weighted by molar-refractivity contribution is 5.94. The van der Waals surface area contributed by atoms with Crippen molar-refractivity contribution >= 4 is 5.91 Å². The molecule has 0 spiro atoms. The van der Waals surface area contributed by atoms with Gasteiger partial charge in [0.25, 0.3) is 5.91 Å². The second-order valence-electron chi connectivity index (χ2n) is 6.53. The molecule has 8 heteroatoms. The number of aliphatic hydroxyl groups excluding tert-OH is 4. The number of ether oxygens (including phenoxy) is 2. The van der Waals surface area contributed by atoms with Crippen molar-refractivity contribution in [3.05, 3.63) is 59.7 Å². The zero-order valence-electron chi connectivity index (χ0n) is 15.2. The maximum atomic E-state index is 11.7. The van der Waals surface area contributed by atoms with Crippen LogP contribution >= 0.6 is 0 Å². The highest BCUT2D eigenvalue weighted by atomic mass is 16.5. The Balaban J connectivity index is 1.74. The van der Waals surface area contributed by atoms with Crippen LogP contribution in [0, 0.1) is 0 Å². The quantitative estimate of drug-likeness (QED) is 0.499. The number of hydrogen-bond acceptors (Lipinski definition) is 7. The minimum Gasteiger partial charge on any atom is -0.457 e. The Labute approximate surface area is 162 Å². The van der Waals surface area contributed by atoms with Crippen molar-refractivity contribution in [3.8, 4) is 11.5 Å². The molecule has 0 aliphatic carbocycles. The van der Waals surface area contributed by atoms with Gasteiger partial charge in [-0.05, 0) is 35.9 Å². The summed E-state index contributed by atoms with van der Waals surface area (Å²) >= 11 is 0. The molecule has 5 atom stereocenters. The zero-order valence-corrected chi connectivity index (χ0v) is 15.2. The lowest BCUT2D eigenvalue weighted by atomic mass is 9.91. The maximum absolute atomic E-state index is 11.7. The van der Waals surface area contributed by atoms with Crippen LogP contribution < -0.4 is 10.1 Å². The zero-order chi connectivity index (χ0) is 20.3. The lowest BCUT2D eigenvalue weighted by Gasteiger charge is -2.40. The highest BCUT2D eigenvalue weighted by Gasteiger charge is 2.43. The van der Waals surface area contributed by atoms with Gasteiger partial charge in [-0.2, -0.15) is 0 Å². The second-order valence-corrected chi connectivity index (χ2v) is 6.53. The monoisotopic (exact) mass is 389 g/mol. The van der Waals surface area contributed by atoms with Crippen LogP contribution in [0.3, 0.4) is 0 Å². The summed E-state index contributed by atoms with van der Waals surface area (Å²) in [5, 5.41) is 41.8. The summed E-state index contributed by atoms with van der Waals surface area (Å²) in [4.78, 5) is 11.7. The number of hydrogen-bond donors (Lipinski definition) is 5. The van der Waals surface area contributed by atoms with Crippen molar-refractivity contribution in [2.45, 2.75) is 30.5 Å². The molecule has 0 radical (unpaired) electrons. The predicted octanol–water partition coefficient (Wildman–Crippen LogP) is 0.353. The van der Waals surface area contributed by atoms with E-state index in [0.29, 0.717) is 22.6 Å². The Morgan fingerprint density at radius 1 is 1.04 bits per heavy atom. The molecule has 5 N–H and O–H groups in total. The molecule has 0 bridgehead atoms. The van der Waals surface area contributed by atoms with Crippen LogP contribution in [0.25, 0.3) is 0 Å². The number of benzene rings is 2. The third-order valence-electron chi connectivity index (χ3n) is 4.66. The number of rotatable bonds is 5. The molecular formula is C20H23NO7. The van der Waals surface area contributed by atoms with Crippen LogP contribution in [0.4, 0.5) is 0 Å². The Morgan fingerprint density at radius 3 is 2.39 bits per heavy atom. The Bertz CT molecular complexity index is 808. The molecular weight excluding hydrogens is 366 g/mol. The van der Waals surface area contributed by atoms with E-state index in [4.69, 9.17) is 9.47 Å². The SMILES string of the molecule is CNC(=O)c1cccc(Oc2ccc([C@H]3O[C@H](CO)[C@@H](O)[C@H](O)[C@@H]3O)cc2)c1. The van der Waals surface area contributed by atoms with E-state index in [1.165, 1.54) is 0 Å². The van der Waals surface area contributed by atoms with Gasteiger partial charge < -0.3 is 35.2 Å². The molecule has 28 heavy (non-hydrogen) atoms. The van der Waals surface area contributed by atoms with Crippen molar-refractivity contribution in [3.63, 3.8) is 0 Å². The Kier molecular flexibility index (Phi) is 6.28. The summed E-state index contributed by atoms with van der Waals surface area (Å²) in [7, 11) is 1.55. The molecule has 1 amide bonds. The fourth-order valence-electron chi connectivity index (χ4n) is 3.08. The van der Waals surface area contributed by atoms with Gasteiger partial charge in [-0.15, -0.1) is 0 Å². The number of amides is 1. The smallest absolute Gasteiger partial charge is 0.251 e. The summed E-state index contributed by atoms with van der Waals surface area (Å²) in [5.74, 6) is 0.771. The molecule has 1 heterocycles. The van der Waals surface area contributed by atoms with Crippen molar-refractivity contribution < 1.29 is 34.7 Å². The van der Waals surface area contributed by atoms with E-state index in [0.717, 1.165) is 0 Å². The average molecular weight is 389 g/mol. The van der Waals surface area contributed by atoms with Gasteiger partial charge in [-0.25, -0.2) is 0 Å². The molecule has 0 unspecified atom stereocenters. The third-order valence-corrected chi connectivity index (χ3v) is 4.66. The average Bonchev–Trinajstić information content (AvgIpc) is 2.72. The van der Waals surface area contributed by atoms with Gasteiger partial charge in [-0.3, -0.25) is 4.79 Å². The predicted molar refractivity (Wildman–Crippen MR) is 99.1 cm³/mol. The summed E-state index contributed by atoms with van der Waals surface area (Å²) in [6, 6.07) is 13.3. The fraction of sp³-hybridized carbons (Fsp3) is 0.350. The van der Waals surface area contributed by atoms with Gasteiger partial charge in [0.15, 0.2) is 0 Å². The topological polar surface area (TPSA) is 128 Å². The van der Waals surface area contributed by atoms with Gasteiger partial charge in [0.2, 0.25) is 0 Å². The molecule has 2 aromatic rings. The standard InChI is InChI=1S/C20H23NO7/c1-21-20(26)12-3-2-4-14(9-12)27-13-7-5-11(6-8-13)19-18(25)17(24)16(23)15(10-22)28-19/h2-9,15-19,22-25H,10H2,1H3,(H,21,26)/t15-,16-,17+,18+,19-/m1/s1. The number of carbonyl (C=O) groups is 1. The van der Waals surface area contributed by atoms with Crippen molar-refractivity contribution in [2.24, 2.45) is 0 Å². The number of aliphatic hydroxyl groups is 4. The summed E-state index contributed by atoms with van der Waals surface area (Å²) < 4.78 is 11.3. The molecule has 1 aliphatic heterocycles. The first-order valence-electron chi connectivity index (χ1n) is 8.85. The first kappa shape index (κ1) is 20.2. The summed E-state index contributed by atoms with van der Waals surface area (Å²) in [6.45, 7) is -0.482. The largest absolute Gasteiger partial charge is 0.457 e. The third kappa shape index (κ3) is 4.16. The van der Waals surface area contributed by atoms with E-state index in [2.05, 4.69) is 5.32 Å². The van der Waals surface area contributed by atoms with Crippen LogP contribution in [0.5, 0.6) is 11.5 Å². The molecule has 0 aromatic heterocycles. The highest BCUT2D eigenvalue weighted by Crippen LogP contribution is 2.33. The van der Waals surface area contributed by atoms with E-state index in [1.807, 2.05) is 0 Å². The lowest BCUT2D eigenvalue weighted by Crippen LogP contribution is -2.55. The number of nitrogens with one attached hydrogen (secondary N) is 1. The summed E-state index contributed by atoms with van der Waals surface area (Å²) in [6.07, 6.45) is -6.03. The fourth-order valence-corrected chi connectivity index (χ4v) is 3.08. The van der Waals surface area contributed by atoms with E-state index < -0.39 is 37.1 Å². The van der Waals surface area contributed by atoms with Gasteiger partial charge in [0, 0.05) is 12.6 Å². The Morgan fingerprint density at radius 2 is 1.75 bits per heavy atom. The normalized spacial score (nSPS) is 27.2. The van der Waals surface area contributed by atoms with E-state index in [9.17, 15) is 25.2 Å². The minimum absolute atomic E-state index is 0.219. The van der Waals surface area contributed by atoms with Crippen LogP contribution in [0.15, 0.2) is 48.5 Å². The van der Waals surface area contributed by atoms with Gasteiger partial charge in [0.1, 0.15) is 42.0 Å². The van der Waals surface area contributed by atoms with Crippen molar-refractivity contribution in [1.82, 2.24) is 5.32 Å².